The lowest BCUT2D eigenvalue weighted by molar-refractivity contribution is 0.102. The SMILES string of the molecule is CCN(CC)S(=O)(=O)c1ccc(F)c(C(=O)Nc2cccc(C)n2)c1. The normalized spacial score (nSPS) is 11.6. The molecule has 2 aromatic rings. The van der Waals surface area contributed by atoms with Gasteiger partial charge in [-0.15, -0.1) is 0 Å². The zero-order valence-corrected chi connectivity index (χ0v) is 15.1. The molecule has 0 aliphatic rings. The Hall–Kier alpha value is -2.32. The zero-order valence-electron chi connectivity index (χ0n) is 14.3. The molecule has 1 aromatic carbocycles. The van der Waals surface area contributed by atoms with Crippen LogP contribution < -0.4 is 5.32 Å². The van der Waals surface area contributed by atoms with Crippen LogP contribution in [0.25, 0.3) is 0 Å². The average Bonchev–Trinajstić information content (AvgIpc) is 2.55. The summed E-state index contributed by atoms with van der Waals surface area (Å²) in [7, 11) is -3.78. The first-order valence-corrected chi connectivity index (χ1v) is 9.28. The number of halogens is 1. The van der Waals surface area contributed by atoms with Crippen LogP contribution in [0.15, 0.2) is 41.3 Å². The topological polar surface area (TPSA) is 79.4 Å². The Morgan fingerprint density at radius 1 is 1.20 bits per heavy atom. The highest BCUT2D eigenvalue weighted by Gasteiger charge is 2.24. The van der Waals surface area contributed by atoms with E-state index >= 15 is 0 Å². The van der Waals surface area contributed by atoms with Gasteiger partial charge in [-0.05, 0) is 37.3 Å². The van der Waals surface area contributed by atoms with Crippen molar-refractivity contribution in [2.75, 3.05) is 18.4 Å². The summed E-state index contributed by atoms with van der Waals surface area (Å²) >= 11 is 0. The minimum Gasteiger partial charge on any atom is -0.306 e. The van der Waals surface area contributed by atoms with Gasteiger partial charge in [0.15, 0.2) is 0 Å². The summed E-state index contributed by atoms with van der Waals surface area (Å²) in [5, 5.41) is 2.48. The Balaban J connectivity index is 2.37. The van der Waals surface area contributed by atoms with E-state index in [1.807, 2.05) is 0 Å². The van der Waals surface area contributed by atoms with Crippen LogP contribution in [0.5, 0.6) is 0 Å². The standard InChI is InChI=1S/C17H20FN3O3S/c1-4-21(5-2)25(23,24)13-9-10-15(18)14(11-13)17(22)20-16-8-6-7-12(3)19-16/h6-11H,4-5H2,1-3H3,(H,19,20,22). The largest absolute Gasteiger partial charge is 0.306 e. The second-order valence-electron chi connectivity index (χ2n) is 5.35. The molecule has 134 valence electrons. The molecular weight excluding hydrogens is 345 g/mol. The molecule has 0 radical (unpaired) electrons. The zero-order chi connectivity index (χ0) is 18.6. The van der Waals surface area contributed by atoms with Gasteiger partial charge in [0.2, 0.25) is 10.0 Å². The van der Waals surface area contributed by atoms with Gasteiger partial charge in [-0.1, -0.05) is 19.9 Å². The van der Waals surface area contributed by atoms with Crippen molar-refractivity contribution in [2.45, 2.75) is 25.7 Å². The lowest BCUT2D eigenvalue weighted by atomic mass is 10.2. The molecule has 0 aliphatic heterocycles. The van der Waals surface area contributed by atoms with Gasteiger partial charge >= 0.3 is 0 Å². The highest BCUT2D eigenvalue weighted by atomic mass is 32.2. The van der Waals surface area contributed by atoms with Gasteiger partial charge < -0.3 is 5.32 Å². The molecule has 0 spiro atoms. The number of carbonyl (C=O) groups is 1. The summed E-state index contributed by atoms with van der Waals surface area (Å²) in [6.45, 7) is 5.74. The molecule has 1 heterocycles. The van der Waals surface area contributed by atoms with Crippen LogP contribution in [0.2, 0.25) is 0 Å². The van der Waals surface area contributed by atoms with E-state index in [1.165, 1.54) is 4.31 Å². The third-order valence-electron chi connectivity index (χ3n) is 3.66. The van der Waals surface area contributed by atoms with Crippen LogP contribution in [0.4, 0.5) is 10.2 Å². The van der Waals surface area contributed by atoms with Crippen LogP contribution in [-0.4, -0.2) is 36.7 Å². The number of hydrogen-bond donors (Lipinski definition) is 1. The molecule has 0 unspecified atom stereocenters. The number of nitrogens with one attached hydrogen (secondary N) is 1. The highest BCUT2D eigenvalue weighted by Crippen LogP contribution is 2.20. The van der Waals surface area contributed by atoms with Crippen LogP contribution in [0, 0.1) is 12.7 Å². The van der Waals surface area contributed by atoms with E-state index in [0.717, 1.165) is 18.2 Å². The van der Waals surface area contributed by atoms with E-state index in [0.29, 0.717) is 5.69 Å². The number of nitrogens with zero attached hydrogens (tertiary/aromatic N) is 2. The van der Waals surface area contributed by atoms with Crippen LogP contribution in [0.1, 0.15) is 29.9 Å². The van der Waals surface area contributed by atoms with Gasteiger partial charge in [-0.25, -0.2) is 17.8 Å². The summed E-state index contributed by atoms with van der Waals surface area (Å²) in [5.41, 5.74) is 0.340. The van der Waals surface area contributed by atoms with Crippen molar-refractivity contribution in [1.29, 1.82) is 0 Å². The Morgan fingerprint density at radius 3 is 2.48 bits per heavy atom. The van der Waals surface area contributed by atoms with Gasteiger partial charge in [-0.2, -0.15) is 4.31 Å². The summed E-state index contributed by atoms with van der Waals surface area (Å²) in [6, 6.07) is 8.22. The van der Waals surface area contributed by atoms with Gasteiger partial charge in [0.25, 0.3) is 5.91 Å². The van der Waals surface area contributed by atoms with Crippen LogP contribution in [0.3, 0.4) is 0 Å². The Morgan fingerprint density at radius 2 is 1.88 bits per heavy atom. The number of amides is 1. The smallest absolute Gasteiger partial charge is 0.259 e. The van der Waals surface area contributed by atoms with Crippen molar-refractivity contribution in [3.8, 4) is 0 Å². The van der Waals surface area contributed by atoms with Gasteiger partial charge in [-0.3, -0.25) is 4.79 Å². The molecule has 8 heteroatoms. The molecule has 2 rings (SSSR count). The highest BCUT2D eigenvalue weighted by molar-refractivity contribution is 7.89. The van der Waals surface area contributed by atoms with Crippen molar-refractivity contribution in [1.82, 2.24) is 9.29 Å². The van der Waals surface area contributed by atoms with E-state index in [1.54, 1.807) is 39.0 Å². The van der Waals surface area contributed by atoms with Crippen LogP contribution in [-0.2, 0) is 10.0 Å². The summed E-state index contributed by atoms with van der Waals surface area (Å²) in [5.74, 6) is -1.29. The van der Waals surface area contributed by atoms with Gasteiger partial charge in [0.1, 0.15) is 11.6 Å². The molecule has 25 heavy (non-hydrogen) atoms. The summed E-state index contributed by atoms with van der Waals surface area (Å²) in [4.78, 5) is 16.3. The van der Waals surface area contributed by atoms with Gasteiger partial charge in [0, 0.05) is 18.8 Å². The lowest BCUT2D eigenvalue weighted by Crippen LogP contribution is -2.31. The average molecular weight is 365 g/mol. The number of rotatable bonds is 6. The Bertz CT molecular complexity index is 880. The fraction of sp³-hybridized carbons (Fsp3) is 0.294. The Kier molecular flexibility index (Phi) is 5.86. The van der Waals surface area contributed by atoms with Crippen LogP contribution >= 0.6 is 0 Å². The molecule has 0 saturated carbocycles. The maximum absolute atomic E-state index is 14.1. The Labute approximate surface area is 146 Å². The third kappa shape index (κ3) is 4.21. The number of sulfonamides is 1. The monoisotopic (exact) mass is 365 g/mol. The molecular formula is C17H20FN3O3S. The van der Waals surface area contributed by atoms with E-state index < -0.39 is 21.7 Å². The quantitative estimate of drug-likeness (QED) is 0.854. The fourth-order valence-electron chi connectivity index (χ4n) is 2.35. The lowest BCUT2D eigenvalue weighted by Gasteiger charge is -2.18. The molecule has 0 aliphatic carbocycles. The number of aromatic nitrogens is 1. The van der Waals surface area contributed by atoms with Crippen molar-refractivity contribution in [2.24, 2.45) is 0 Å². The number of carbonyl (C=O) groups excluding carboxylic acids is 1. The minimum absolute atomic E-state index is 0.125. The van der Waals surface area contributed by atoms with Crippen molar-refractivity contribution >= 4 is 21.7 Å². The maximum atomic E-state index is 14.1. The molecule has 0 bridgehead atoms. The number of pyridine rings is 1. The first-order chi connectivity index (χ1) is 11.8. The van der Waals surface area contributed by atoms with Crippen molar-refractivity contribution < 1.29 is 17.6 Å². The maximum Gasteiger partial charge on any atom is 0.259 e. The second-order valence-corrected chi connectivity index (χ2v) is 7.29. The molecule has 0 atom stereocenters. The molecule has 0 saturated heterocycles. The van der Waals surface area contributed by atoms with E-state index in [-0.39, 0.29) is 29.4 Å². The first-order valence-electron chi connectivity index (χ1n) is 7.84. The predicted molar refractivity (Wildman–Crippen MR) is 93.4 cm³/mol. The summed E-state index contributed by atoms with van der Waals surface area (Å²) < 4.78 is 40.4. The van der Waals surface area contributed by atoms with Crippen molar-refractivity contribution in [3.05, 3.63) is 53.5 Å². The first kappa shape index (κ1) is 19.0. The number of hydrogen-bond acceptors (Lipinski definition) is 4. The number of benzene rings is 1. The molecule has 6 nitrogen and oxygen atoms in total. The number of anilines is 1. The van der Waals surface area contributed by atoms with Crippen molar-refractivity contribution in [3.63, 3.8) is 0 Å². The fourth-order valence-corrected chi connectivity index (χ4v) is 3.83. The van der Waals surface area contributed by atoms with Gasteiger partial charge in [0.05, 0.1) is 10.5 Å². The predicted octanol–water partition coefficient (Wildman–Crippen LogP) is 2.81. The van der Waals surface area contributed by atoms with E-state index in [2.05, 4.69) is 10.3 Å². The van der Waals surface area contributed by atoms with E-state index in [9.17, 15) is 17.6 Å². The minimum atomic E-state index is -3.78. The third-order valence-corrected chi connectivity index (χ3v) is 5.70. The molecule has 1 amide bonds. The second kappa shape index (κ2) is 7.71. The molecule has 1 aromatic heterocycles. The number of aryl methyl sites for hydroxylation is 1. The van der Waals surface area contributed by atoms with E-state index in [4.69, 9.17) is 0 Å². The molecule has 0 fully saturated rings. The molecule has 1 N–H and O–H groups in total. The summed E-state index contributed by atoms with van der Waals surface area (Å²) in [6.07, 6.45) is 0.